The molecular formula is C35H46N10O5. The topological polar surface area (TPSA) is 182 Å². The van der Waals surface area contributed by atoms with E-state index in [1.165, 1.54) is 15.6 Å². The third-order valence-electron chi connectivity index (χ3n) is 8.20. The molecule has 0 aliphatic carbocycles. The molecule has 0 saturated carbocycles. The first-order valence-electron chi connectivity index (χ1n) is 17.1. The molecule has 1 aromatic carbocycles. The number of rotatable bonds is 7. The first kappa shape index (κ1) is 36.0. The molecule has 4 heterocycles. The Morgan fingerprint density at radius 2 is 1.76 bits per heavy atom. The molecule has 266 valence electrons. The second-order valence-electron chi connectivity index (χ2n) is 13.4. The number of carbonyl (C=O) groups excluding carboxylic acids is 4. The van der Waals surface area contributed by atoms with Crippen molar-refractivity contribution in [3.63, 3.8) is 0 Å². The van der Waals surface area contributed by atoms with E-state index in [2.05, 4.69) is 45.2 Å². The van der Waals surface area contributed by atoms with E-state index in [1.807, 2.05) is 51.1 Å². The van der Waals surface area contributed by atoms with E-state index >= 15 is 0 Å². The summed E-state index contributed by atoms with van der Waals surface area (Å²) in [6, 6.07) is 11.0. The summed E-state index contributed by atoms with van der Waals surface area (Å²) in [5.41, 5.74) is 1.94. The summed E-state index contributed by atoms with van der Waals surface area (Å²) in [5.74, 6) is -0.224. The number of carbonyl (C=O) groups is 4. The quantitative estimate of drug-likeness (QED) is 0.263. The molecule has 50 heavy (non-hydrogen) atoms. The standard InChI is InChI=1S/C35H46N10O5/c1-7-44-29(17-25(40-44)15-21(2)3)35(49)43-14-13-36-30(46)20-45-32(39-31(41-45)24-11-9-8-10-12-24)23(6)37-33(47)27(16-22(4)5)38-34(48)28-18-26(19-43)50-42-28/h8-12,17-18,21-23,27H,7,13-16,19-20H2,1-6H3,(H,36,46)(H,37,47)(H,38,48)/t23-,27+/m0/s1. The van der Waals surface area contributed by atoms with Gasteiger partial charge in [-0.25, -0.2) is 9.67 Å². The van der Waals surface area contributed by atoms with Crippen LogP contribution in [-0.4, -0.2) is 77.4 Å². The normalized spacial score (nSPS) is 17.9. The fourth-order valence-electron chi connectivity index (χ4n) is 5.83. The van der Waals surface area contributed by atoms with Gasteiger partial charge in [-0.2, -0.15) is 10.2 Å². The lowest BCUT2D eigenvalue weighted by Crippen LogP contribution is -2.48. The van der Waals surface area contributed by atoms with E-state index in [1.54, 1.807) is 17.7 Å². The van der Waals surface area contributed by atoms with Crippen LogP contribution < -0.4 is 16.0 Å². The molecule has 3 N–H and O–H groups in total. The van der Waals surface area contributed by atoms with Gasteiger partial charge in [-0.1, -0.05) is 63.2 Å². The van der Waals surface area contributed by atoms with Crippen molar-refractivity contribution in [2.45, 2.75) is 86.1 Å². The molecule has 3 aromatic heterocycles. The molecule has 1 aliphatic rings. The van der Waals surface area contributed by atoms with Crippen LogP contribution in [0.15, 0.2) is 47.0 Å². The molecule has 0 fully saturated rings. The Hall–Kier alpha value is -5.34. The molecule has 0 unspecified atom stereocenters. The molecule has 5 rings (SSSR count). The maximum Gasteiger partial charge on any atom is 0.274 e. The number of hydrogen-bond donors (Lipinski definition) is 3. The second kappa shape index (κ2) is 15.9. The minimum Gasteiger partial charge on any atom is -0.359 e. The van der Waals surface area contributed by atoms with Gasteiger partial charge < -0.3 is 25.4 Å². The van der Waals surface area contributed by atoms with E-state index in [0.717, 1.165) is 11.3 Å². The van der Waals surface area contributed by atoms with Gasteiger partial charge in [-0.05, 0) is 44.6 Å². The average molecular weight is 687 g/mol. The highest BCUT2D eigenvalue weighted by molar-refractivity contribution is 5.96. The van der Waals surface area contributed by atoms with Gasteiger partial charge in [-0.15, -0.1) is 0 Å². The Kier molecular flexibility index (Phi) is 11.4. The van der Waals surface area contributed by atoms with E-state index < -0.39 is 23.9 Å². The summed E-state index contributed by atoms with van der Waals surface area (Å²) in [6.45, 7) is 12.3. The maximum atomic E-state index is 14.0. The number of aromatic nitrogens is 6. The smallest absolute Gasteiger partial charge is 0.274 e. The van der Waals surface area contributed by atoms with Crippen molar-refractivity contribution in [2.75, 3.05) is 13.1 Å². The van der Waals surface area contributed by atoms with Crippen LogP contribution in [0.1, 0.15) is 92.3 Å². The van der Waals surface area contributed by atoms with E-state index in [-0.39, 0.29) is 55.4 Å². The fourth-order valence-corrected chi connectivity index (χ4v) is 5.83. The molecule has 15 heteroatoms. The zero-order chi connectivity index (χ0) is 35.9. The van der Waals surface area contributed by atoms with Gasteiger partial charge in [0.15, 0.2) is 17.3 Å². The van der Waals surface area contributed by atoms with Crippen molar-refractivity contribution in [3.05, 3.63) is 71.1 Å². The molecular weight excluding hydrogens is 640 g/mol. The monoisotopic (exact) mass is 686 g/mol. The van der Waals surface area contributed by atoms with Gasteiger partial charge >= 0.3 is 0 Å². The van der Waals surface area contributed by atoms with Crippen LogP contribution in [-0.2, 0) is 35.6 Å². The Bertz CT molecular complexity index is 1810. The Morgan fingerprint density at radius 1 is 1.00 bits per heavy atom. The third kappa shape index (κ3) is 8.81. The zero-order valence-electron chi connectivity index (χ0n) is 29.5. The lowest BCUT2D eigenvalue weighted by Gasteiger charge is -2.23. The Labute approximate surface area is 291 Å². The molecule has 2 bridgehead atoms. The van der Waals surface area contributed by atoms with Crippen LogP contribution >= 0.6 is 0 Å². The molecule has 4 amide bonds. The van der Waals surface area contributed by atoms with Crippen molar-refractivity contribution >= 4 is 23.6 Å². The highest BCUT2D eigenvalue weighted by atomic mass is 16.5. The number of amides is 4. The third-order valence-corrected chi connectivity index (χ3v) is 8.20. The number of fused-ring (bicyclic) bond motifs is 3. The maximum absolute atomic E-state index is 14.0. The van der Waals surface area contributed by atoms with E-state index in [0.29, 0.717) is 42.6 Å². The van der Waals surface area contributed by atoms with Crippen LogP contribution in [0.5, 0.6) is 0 Å². The van der Waals surface area contributed by atoms with Gasteiger partial charge in [0.1, 0.15) is 24.1 Å². The van der Waals surface area contributed by atoms with Gasteiger partial charge in [0.2, 0.25) is 11.8 Å². The van der Waals surface area contributed by atoms with Gasteiger partial charge in [0.25, 0.3) is 11.8 Å². The number of nitrogens with one attached hydrogen (secondary N) is 3. The summed E-state index contributed by atoms with van der Waals surface area (Å²) >= 11 is 0. The van der Waals surface area contributed by atoms with Gasteiger partial charge in [0, 0.05) is 31.3 Å². The molecule has 0 saturated heterocycles. The van der Waals surface area contributed by atoms with Crippen LogP contribution in [0.3, 0.4) is 0 Å². The van der Waals surface area contributed by atoms with E-state index in [9.17, 15) is 19.2 Å². The number of benzene rings is 1. The first-order chi connectivity index (χ1) is 23.9. The highest BCUT2D eigenvalue weighted by Gasteiger charge is 2.29. The highest BCUT2D eigenvalue weighted by Crippen LogP contribution is 2.20. The van der Waals surface area contributed by atoms with Crippen molar-refractivity contribution < 1.29 is 23.7 Å². The zero-order valence-corrected chi connectivity index (χ0v) is 29.5. The fraction of sp³-hybridized carbons (Fsp3) is 0.486. The van der Waals surface area contributed by atoms with Crippen molar-refractivity contribution in [3.8, 4) is 11.4 Å². The lowest BCUT2D eigenvalue weighted by molar-refractivity contribution is -0.124. The van der Waals surface area contributed by atoms with Crippen molar-refractivity contribution in [1.29, 1.82) is 0 Å². The number of aryl methyl sites for hydroxylation is 1. The Balaban J connectivity index is 1.48. The first-order valence-corrected chi connectivity index (χ1v) is 17.1. The number of nitrogens with zero attached hydrogens (tertiary/aromatic N) is 7. The summed E-state index contributed by atoms with van der Waals surface area (Å²) in [6.07, 6.45) is 1.07. The summed E-state index contributed by atoms with van der Waals surface area (Å²) in [4.78, 5) is 60.6. The lowest BCUT2D eigenvalue weighted by atomic mass is 10.0. The summed E-state index contributed by atoms with van der Waals surface area (Å²) in [7, 11) is 0. The van der Waals surface area contributed by atoms with Crippen LogP contribution in [0.25, 0.3) is 11.4 Å². The molecule has 4 aromatic rings. The average Bonchev–Trinajstić information content (AvgIpc) is 3.82. The molecule has 1 aliphatic heterocycles. The van der Waals surface area contributed by atoms with Crippen molar-refractivity contribution in [2.24, 2.45) is 11.8 Å². The summed E-state index contributed by atoms with van der Waals surface area (Å²) in [5, 5.41) is 21.8. The molecule has 0 radical (unpaired) electrons. The number of hydrogen-bond acceptors (Lipinski definition) is 9. The van der Waals surface area contributed by atoms with E-state index in [4.69, 9.17) is 9.51 Å². The second-order valence-corrected chi connectivity index (χ2v) is 13.4. The van der Waals surface area contributed by atoms with Gasteiger partial charge in [0.05, 0.1) is 18.3 Å². The minimum absolute atomic E-state index is 0.0233. The Morgan fingerprint density at radius 3 is 2.46 bits per heavy atom. The predicted octanol–water partition coefficient (Wildman–Crippen LogP) is 3.14. The molecule has 2 atom stereocenters. The largest absolute Gasteiger partial charge is 0.359 e. The summed E-state index contributed by atoms with van der Waals surface area (Å²) < 4.78 is 8.64. The predicted molar refractivity (Wildman–Crippen MR) is 183 cm³/mol. The minimum atomic E-state index is -0.898. The molecule has 0 spiro atoms. The van der Waals surface area contributed by atoms with Gasteiger partial charge in [-0.3, -0.25) is 23.9 Å². The van der Waals surface area contributed by atoms with Crippen LogP contribution in [0.2, 0.25) is 0 Å². The molecule has 15 nitrogen and oxygen atoms in total. The SMILES string of the molecule is CCn1nc(CC(C)C)cc1C(=O)N1CCNC(=O)Cn2nc(-c3ccccc3)nc2[C@H](C)NC(=O)[C@@H](CC(C)C)NC(=O)c2cc(on2)C1. The van der Waals surface area contributed by atoms with Crippen LogP contribution in [0.4, 0.5) is 0 Å². The van der Waals surface area contributed by atoms with Crippen LogP contribution in [0, 0.1) is 11.8 Å². The van der Waals surface area contributed by atoms with Crippen molar-refractivity contribution in [1.82, 2.24) is 50.6 Å².